The van der Waals surface area contributed by atoms with Crippen LogP contribution in [0.5, 0.6) is 5.75 Å². The summed E-state index contributed by atoms with van der Waals surface area (Å²) in [5, 5.41) is 6.53. The molecule has 0 bridgehead atoms. The smallest absolute Gasteiger partial charge is 0.315 e. The third kappa shape index (κ3) is 3.25. The monoisotopic (exact) mass is 302 g/mol. The minimum Gasteiger partial charge on any atom is -0.489 e. The van der Waals surface area contributed by atoms with E-state index in [1.807, 2.05) is 26.8 Å². The average Bonchev–Trinajstić information content (AvgIpc) is 2.65. The third-order valence-corrected chi connectivity index (χ3v) is 3.43. The van der Waals surface area contributed by atoms with Crippen LogP contribution in [0.3, 0.4) is 0 Å². The van der Waals surface area contributed by atoms with Crippen LogP contribution >= 0.6 is 23.2 Å². The van der Waals surface area contributed by atoms with E-state index < -0.39 is 0 Å². The summed E-state index contributed by atoms with van der Waals surface area (Å²) in [5.41, 5.74) is 0.558. The summed E-state index contributed by atoms with van der Waals surface area (Å²) in [5.74, 6) is 0.551. The lowest BCUT2D eigenvalue weighted by atomic mass is 10.1. The molecule has 1 aromatic carbocycles. The highest BCUT2D eigenvalue weighted by Crippen LogP contribution is 2.41. The number of carbonyl (C=O) groups is 1. The van der Waals surface area contributed by atoms with Crippen LogP contribution in [0.4, 0.5) is 4.79 Å². The Kier molecular flexibility index (Phi) is 3.83. The van der Waals surface area contributed by atoms with Gasteiger partial charge in [0.25, 0.3) is 0 Å². The SMILES string of the molecule is CC(C)(C)NC(=O)N[C@H]1COc2c1ccc(Cl)c2Cl. The first-order chi connectivity index (χ1) is 8.78. The molecule has 0 saturated carbocycles. The quantitative estimate of drug-likeness (QED) is 0.834. The minimum absolute atomic E-state index is 0.216. The lowest BCUT2D eigenvalue weighted by Crippen LogP contribution is -2.47. The maximum atomic E-state index is 11.8. The Morgan fingerprint density at radius 1 is 1.37 bits per heavy atom. The van der Waals surface area contributed by atoms with Gasteiger partial charge < -0.3 is 15.4 Å². The van der Waals surface area contributed by atoms with Crippen LogP contribution in [0.2, 0.25) is 10.0 Å². The zero-order valence-electron chi connectivity index (χ0n) is 11.0. The molecule has 0 spiro atoms. The number of benzene rings is 1. The van der Waals surface area contributed by atoms with Gasteiger partial charge in [0.2, 0.25) is 0 Å². The second-order valence-electron chi connectivity index (χ2n) is 5.49. The second-order valence-corrected chi connectivity index (χ2v) is 6.28. The Balaban J connectivity index is 2.11. The largest absolute Gasteiger partial charge is 0.489 e. The Hall–Kier alpha value is -1.13. The first-order valence-corrected chi connectivity index (χ1v) is 6.73. The summed E-state index contributed by atoms with van der Waals surface area (Å²) in [6.45, 7) is 6.11. The second kappa shape index (κ2) is 5.10. The number of fused-ring (bicyclic) bond motifs is 1. The van der Waals surface area contributed by atoms with Crippen molar-refractivity contribution in [1.29, 1.82) is 0 Å². The Morgan fingerprint density at radius 2 is 2.05 bits per heavy atom. The Labute approximate surface area is 122 Å². The van der Waals surface area contributed by atoms with Crippen LogP contribution in [0.15, 0.2) is 12.1 Å². The molecule has 1 atom stereocenters. The van der Waals surface area contributed by atoms with E-state index in [1.54, 1.807) is 6.07 Å². The molecule has 4 nitrogen and oxygen atoms in total. The van der Waals surface area contributed by atoms with E-state index in [-0.39, 0.29) is 17.6 Å². The van der Waals surface area contributed by atoms with E-state index in [0.29, 0.717) is 22.4 Å². The summed E-state index contributed by atoms with van der Waals surface area (Å²) in [6.07, 6.45) is 0. The van der Waals surface area contributed by atoms with E-state index in [1.165, 1.54) is 0 Å². The van der Waals surface area contributed by atoms with Crippen molar-refractivity contribution >= 4 is 29.2 Å². The molecule has 0 fully saturated rings. The number of urea groups is 1. The van der Waals surface area contributed by atoms with Crippen molar-refractivity contribution in [2.24, 2.45) is 0 Å². The lowest BCUT2D eigenvalue weighted by molar-refractivity contribution is 0.223. The van der Waals surface area contributed by atoms with Crippen molar-refractivity contribution in [3.63, 3.8) is 0 Å². The summed E-state index contributed by atoms with van der Waals surface area (Å²) in [7, 11) is 0. The highest BCUT2D eigenvalue weighted by molar-refractivity contribution is 6.43. The molecular formula is C13H16Cl2N2O2. The summed E-state index contributed by atoms with van der Waals surface area (Å²) in [4.78, 5) is 11.8. The van der Waals surface area contributed by atoms with Gasteiger partial charge in [-0.3, -0.25) is 0 Å². The van der Waals surface area contributed by atoms with Gasteiger partial charge in [-0.25, -0.2) is 4.79 Å². The van der Waals surface area contributed by atoms with E-state index in [4.69, 9.17) is 27.9 Å². The molecule has 0 aromatic heterocycles. The van der Waals surface area contributed by atoms with Crippen molar-refractivity contribution < 1.29 is 9.53 Å². The fourth-order valence-corrected chi connectivity index (χ4v) is 2.25. The number of hydrogen-bond acceptors (Lipinski definition) is 2. The fourth-order valence-electron chi connectivity index (χ4n) is 1.88. The number of ether oxygens (including phenoxy) is 1. The first kappa shape index (κ1) is 14.3. The normalized spacial score (nSPS) is 17.6. The average molecular weight is 303 g/mol. The molecule has 0 saturated heterocycles. The zero-order valence-corrected chi connectivity index (χ0v) is 12.5. The van der Waals surface area contributed by atoms with E-state index >= 15 is 0 Å². The van der Waals surface area contributed by atoms with Gasteiger partial charge in [-0.05, 0) is 26.8 Å². The summed E-state index contributed by atoms with van der Waals surface area (Å²) in [6, 6.07) is 3.07. The maximum absolute atomic E-state index is 11.8. The number of rotatable bonds is 1. The summed E-state index contributed by atoms with van der Waals surface area (Å²) >= 11 is 12.0. The van der Waals surface area contributed by atoms with Crippen LogP contribution in [0.1, 0.15) is 32.4 Å². The standard InChI is InChI=1S/C13H16Cl2N2O2/c1-13(2,3)17-12(18)16-9-6-19-11-7(9)4-5-8(14)10(11)15/h4-5,9H,6H2,1-3H3,(H2,16,17,18)/t9-/m0/s1. The molecule has 2 N–H and O–H groups in total. The molecule has 6 heteroatoms. The van der Waals surface area contributed by atoms with E-state index in [2.05, 4.69) is 10.6 Å². The molecule has 2 amide bonds. The van der Waals surface area contributed by atoms with Gasteiger partial charge in [0.15, 0.2) is 0 Å². The van der Waals surface area contributed by atoms with Crippen molar-refractivity contribution in [3.05, 3.63) is 27.7 Å². The number of carbonyl (C=O) groups excluding carboxylic acids is 1. The van der Waals surface area contributed by atoms with Gasteiger partial charge in [-0.15, -0.1) is 0 Å². The van der Waals surface area contributed by atoms with Crippen molar-refractivity contribution in [3.8, 4) is 5.75 Å². The number of amides is 2. The molecule has 1 aliphatic rings. The molecule has 0 aliphatic carbocycles. The molecule has 1 heterocycles. The van der Waals surface area contributed by atoms with Crippen LogP contribution in [0.25, 0.3) is 0 Å². The topological polar surface area (TPSA) is 50.4 Å². The van der Waals surface area contributed by atoms with Crippen LogP contribution in [0, 0.1) is 0 Å². The van der Waals surface area contributed by atoms with Gasteiger partial charge >= 0.3 is 6.03 Å². The van der Waals surface area contributed by atoms with E-state index in [0.717, 1.165) is 5.56 Å². The molecule has 19 heavy (non-hydrogen) atoms. The van der Waals surface area contributed by atoms with Gasteiger partial charge in [-0.2, -0.15) is 0 Å². The number of halogens is 2. The molecule has 104 valence electrons. The molecule has 1 aromatic rings. The molecule has 0 unspecified atom stereocenters. The molecule has 1 aliphatic heterocycles. The predicted molar refractivity (Wildman–Crippen MR) is 76.1 cm³/mol. The highest BCUT2D eigenvalue weighted by Gasteiger charge is 2.29. The van der Waals surface area contributed by atoms with Crippen molar-refractivity contribution in [1.82, 2.24) is 10.6 Å². The zero-order chi connectivity index (χ0) is 14.2. The van der Waals surface area contributed by atoms with Crippen LogP contribution in [-0.2, 0) is 0 Å². The van der Waals surface area contributed by atoms with Crippen molar-refractivity contribution in [2.75, 3.05) is 6.61 Å². The Morgan fingerprint density at radius 3 is 2.68 bits per heavy atom. The third-order valence-electron chi connectivity index (χ3n) is 2.64. The molecular weight excluding hydrogens is 287 g/mol. The van der Waals surface area contributed by atoms with E-state index in [9.17, 15) is 4.79 Å². The predicted octanol–water partition coefficient (Wildman–Crippen LogP) is 3.52. The first-order valence-electron chi connectivity index (χ1n) is 5.97. The van der Waals surface area contributed by atoms with Gasteiger partial charge in [-0.1, -0.05) is 29.3 Å². The molecule has 2 rings (SSSR count). The lowest BCUT2D eigenvalue weighted by Gasteiger charge is -2.22. The van der Waals surface area contributed by atoms with Crippen molar-refractivity contribution in [2.45, 2.75) is 32.4 Å². The minimum atomic E-state index is -0.288. The Bertz CT molecular complexity index is 512. The number of nitrogens with one attached hydrogen (secondary N) is 2. The highest BCUT2D eigenvalue weighted by atomic mass is 35.5. The summed E-state index contributed by atoms with van der Waals surface area (Å²) < 4.78 is 5.49. The fraction of sp³-hybridized carbons (Fsp3) is 0.462. The van der Waals surface area contributed by atoms with Gasteiger partial charge in [0.1, 0.15) is 17.4 Å². The number of hydrogen-bond donors (Lipinski definition) is 2. The molecule has 0 radical (unpaired) electrons. The van der Waals surface area contributed by atoms with Crippen LogP contribution in [-0.4, -0.2) is 18.2 Å². The van der Waals surface area contributed by atoms with Crippen LogP contribution < -0.4 is 15.4 Å². The van der Waals surface area contributed by atoms with Gasteiger partial charge in [0.05, 0.1) is 11.1 Å². The van der Waals surface area contributed by atoms with Gasteiger partial charge in [0, 0.05) is 11.1 Å². The maximum Gasteiger partial charge on any atom is 0.315 e.